The number of hydrogen-bond acceptors (Lipinski definition) is 7. The largest absolute Gasteiger partial charge is 0.454 e. The number of amides is 2. The minimum absolute atomic E-state index is 0.0136. The molecule has 1 aliphatic heterocycles. The molecule has 1 N–H and O–H groups in total. The van der Waals surface area contributed by atoms with Gasteiger partial charge in [-0.1, -0.05) is 62.4 Å². The summed E-state index contributed by atoms with van der Waals surface area (Å²) in [7, 11) is 0. The number of para-hydroxylation sites is 1. The van der Waals surface area contributed by atoms with Crippen molar-refractivity contribution in [2.24, 2.45) is 0 Å². The number of rotatable bonds is 10. The normalized spacial score (nSPS) is 13.3. The number of nitrogens with one attached hydrogen (secondary N) is 1. The zero-order valence-corrected chi connectivity index (χ0v) is 25.4. The Bertz CT molecular complexity index is 1680. The highest BCUT2D eigenvalue weighted by atomic mass is 16.7. The van der Waals surface area contributed by atoms with Gasteiger partial charge in [0.1, 0.15) is 18.1 Å². The number of fused-ring (bicyclic) bond motifs is 2. The van der Waals surface area contributed by atoms with E-state index in [0.717, 1.165) is 5.56 Å². The smallest absolute Gasteiger partial charge is 0.249 e. The summed E-state index contributed by atoms with van der Waals surface area (Å²) in [5.74, 6) is -0.0740. The minimum atomic E-state index is -1.12. The van der Waals surface area contributed by atoms with Crippen LogP contribution in [0.2, 0.25) is 0 Å². The van der Waals surface area contributed by atoms with Gasteiger partial charge in [-0.2, -0.15) is 0 Å². The van der Waals surface area contributed by atoms with Crippen molar-refractivity contribution in [2.75, 3.05) is 11.7 Å². The van der Waals surface area contributed by atoms with E-state index in [9.17, 15) is 14.4 Å². The van der Waals surface area contributed by atoms with Crippen LogP contribution in [0.25, 0.3) is 11.0 Å². The first-order valence-electron chi connectivity index (χ1n) is 14.5. The van der Waals surface area contributed by atoms with Crippen LogP contribution >= 0.6 is 0 Å². The van der Waals surface area contributed by atoms with Crippen LogP contribution < -0.4 is 19.7 Å². The van der Waals surface area contributed by atoms with Crippen molar-refractivity contribution in [1.29, 1.82) is 0 Å². The standard InChI is InChI=1S/C33H37N5O5/c1-7-33(5,6)34-32(41)31(23-14-12-22(13-15-23)20(2)3)38(27-17-29-28(42-19-43-29)16-24(27)21(4)39)30(40)18-37-26-11-9-8-10-25(26)35-36-37/h8-17,20,31H,7,18-19H2,1-6H3,(H,34,41)/t31-/m1/s1. The van der Waals surface area contributed by atoms with Crippen LogP contribution in [0.5, 0.6) is 11.5 Å². The Kier molecular flexibility index (Phi) is 8.21. The summed E-state index contributed by atoms with van der Waals surface area (Å²) in [6.07, 6.45) is 0.666. The van der Waals surface area contributed by atoms with E-state index in [-0.39, 0.29) is 42.2 Å². The van der Waals surface area contributed by atoms with E-state index in [2.05, 4.69) is 29.5 Å². The number of hydrogen-bond donors (Lipinski definition) is 1. The first-order valence-corrected chi connectivity index (χ1v) is 14.5. The number of anilines is 1. The van der Waals surface area contributed by atoms with Crippen LogP contribution in [0.3, 0.4) is 0 Å². The number of ether oxygens (including phenoxy) is 2. The molecule has 4 aromatic rings. The molecule has 2 heterocycles. The van der Waals surface area contributed by atoms with Crippen LogP contribution in [0.1, 0.15) is 81.4 Å². The molecular formula is C33H37N5O5. The van der Waals surface area contributed by atoms with Crippen LogP contribution in [0.4, 0.5) is 5.69 Å². The predicted octanol–water partition coefficient (Wildman–Crippen LogP) is 5.57. The molecule has 0 saturated carbocycles. The SMILES string of the molecule is CCC(C)(C)NC(=O)[C@@H](c1ccc(C(C)C)cc1)N(C(=O)Cn1nnc2ccccc21)c1cc2c(cc1C(C)=O)OCO2. The number of carbonyl (C=O) groups is 3. The molecule has 1 aliphatic rings. The molecule has 0 fully saturated rings. The number of aromatic nitrogens is 3. The fourth-order valence-corrected chi connectivity index (χ4v) is 5.04. The van der Waals surface area contributed by atoms with Crippen molar-refractivity contribution in [3.8, 4) is 11.5 Å². The average molecular weight is 584 g/mol. The molecule has 0 bridgehead atoms. The van der Waals surface area contributed by atoms with Gasteiger partial charge in [-0.3, -0.25) is 19.3 Å². The van der Waals surface area contributed by atoms with Crippen molar-refractivity contribution in [2.45, 2.75) is 72.0 Å². The third kappa shape index (κ3) is 6.09. The fourth-order valence-electron chi connectivity index (χ4n) is 5.04. The second-order valence-electron chi connectivity index (χ2n) is 11.7. The van der Waals surface area contributed by atoms with E-state index >= 15 is 0 Å². The molecule has 43 heavy (non-hydrogen) atoms. The van der Waals surface area contributed by atoms with Crippen LogP contribution in [-0.2, 0) is 16.1 Å². The van der Waals surface area contributed by atoms with Crippen molar-refractivity contribution < 1.29 is 23.9 Å². The van der Waals surface area contributed by atoms with Gasteiger partial charge < -0.3 is 14.8 Å². The lowest BCUT2D eigenvalue weighted by molar-refractivity contribution is -0.128. The minimum Gasteiger partial charge on any atom is -0.454 e. The quantitative estimate of drug-likeness (QED) is 0.243. The van der Waals surface area contributed by atoms with Gasteiger partial charge in [0.05, 0.1) is 11.2 Å². The lowest BCUT2D eigenvalue weighted by Gasteiger charge is -2.35. The van der Waals surface area contributed by atoms with E-state index < -0.39 is 17.5 Å². The Morgan fingerprint density at radius 3 is 2.30 bits per heavy atom. The topological polar surface area (TPSA) is 116 Å². The summed E-state index contributed by atoms with van der Waals surface area (Å²) in [5.41, 5.74) is 2.91. The number of nitrogens with zero attached hydrogens (tertiary/aromatic N) is 4. The Hall–Kier alpha value is -4.73. The molecule has 0 unspecified atom stereocenters. The number of carbonyl (C=O) groups excluding carboxylic acids is 3. The van der Waals surface area contributed by atoms with Crippen molar-refractivity contribution in [3.05, 3.63) is 77.4 Å². The third-order valence-electron chi connectivity index (χ3n) is 7.87. The maximum absolute atomic E-state index is 14.5. The molecule has 10 nitrogen and oxygen atoms in total. The lowest BCUT2D eigenvalue weighted by Crippen LogP contribution is -2.51. The highest BCUT2D eigenvalue weighted by molar-refractivity contribution is 6.08. The molecule has 3 aromatic carbocycles. The van der Waals surface area contributed by atoms with Gasteiger partial charge in [0, 0.05) is 17.2 Å². The van der Waals surface area contributed by atoms with Crippen LogP contribution in [0.15, 0.2) is 60.7 Å². The van der Waals surface area contributed by atoms with Gasteiger partial charge in [-0.25, -0.2) is 4.68 Å². The van der Waals surface area contributed by atoms with E-state index in [1.54, 1.807) is 12.1 Å². The molecule has 10 heteroatoms. The monoisotopic (exact) mass is 583 g/mol. The second-order valence-corrected chi connectivity index (χ2v) is 11.7. The van der Waals surface area contributed by atoms with Gasteiger partial charge >= 0.3 is 0 Å². The van der Waals surface area contributed by atoms with E-state index in [1.165, 1.54) is 16.5 Å². The summed E-state index contributed by atoms with van der Waals surface area (Å²) in [6, 6.07) is 17.0. The summed E-state index contributed by atoms with van der Waals surface area (Å²) in [5, 5.41) is 11.5. The Morgan fingerprint density at radius 2 is 1.65 bits per heavy atom. The first kappa shape index (κ1) is 29.8. The molecule has 0 saturated heterocycles. The summed E-state index contributed by atoms with van der Waals surface area (Å²) in [4.78, 5) is 43.3. The molecule has 1 aromatic heterocycles. The lowest BCUT2D eigenvalue weighted by atomic mass is 9.95. The zero-order chi connectivity index (χ0) is 30.9. The fraction of sp³-hybridized carbons (Fsp3) is 0.364. The molecule has 0 aliphatic carbocycles. The van der Waals surface area contributed by atoms with E-state index in [1.807, 2.05) is 69.3 Å². The molecule has 0 spiro atoms. The second kappa shape index (κ2) is 11.9. The molecular weight excluding hydrogens is 546 g/mol. The van der Waals surface area contributed by atoms with E-state index in [0.29, 0.717) is 34.5 Å². The van der Waals surface area contributed by atoms with Gasteiger partial charge in [0.2, 0.25) is 18.6 Å². The van der Waals surface area contributed by atoms with Gasteiger partial charge in [0.25, 0.3) is 0 Å². The molecule has 2 amide bonds. The summed E-state index contributed by atoms with van der Waals surface area (Å²) >= 11 is 0. The zero-order valence-electron chi connectivity index (χ0n) is 25.4. The van der Waals surface area contributed by atoms with Crippen molar-refractivity contribution in [1.82, 2.24) is 20.3 Å². The third-order valence-corrected chi connectivity index (χ3v) is 7.87. The Balaban J connectivity index is 1.71. The molecule has 5 rings (SSSR count). The van der Waals surface area contributed by atoms with Crippen LogP contribution in [0, 0.1) is 0 Å². The van der Waals surface area contributed by atoms with E-state index in [4.69, 9.17) is 9.47 Å². The van der Waals surface area contributed by atoms with Crippen LogP contribution in [-0.4, -0.2) is 44.9 Å². The van der Waals surface area contributed by atoms with Crippen molar-refractivity contribution in [3.63, 3.8) is 0 Å². The maximum Gasteiger partial charge on any atom is 0.249 e. The average Bonchev–Trinajstić information content (AvgIpc) is 3.61. The Labute approximate surface area is 251 Å². The summed E-state index contributed by atoms with van der Waals surface area (Å²) < 4.78 is 12.7. The molecule has 1 atom stereocenters. The number of Topliss-reactive ketones (excluding diaryl/α,β-unsaturated/α-hetero) is 1. The van der Waals surface area contributed by atoms with Gasteiger partial charge in [0.15, 0.2) is 17.3 Å². The maximum atomic E-state index is 14.5. The number of benzene rings is 3. The van der Waals surface area contributed by atoms with Gasteiger partial charge in [-0.15, -0.1) is 5.10 Å². The van der Waals surface area contributed by atoms with Gasteiger partial charge in [-0.05, 0) is 62.4 Å². The Morgan fingerprint density at radius 1 is 1.00 bits per heavy atom. The highest BCUT2D eigenvalue weighted by Crippen LogP contribution is 2.41. The summed E-state index contributed by atoms with van der Waals surface area (Å²) in [6.45, 7) is 11.2. The highest BCUT2D eigenvalue weighted by Gasteiger charge is 2.38. The predicted molar refractivity (Wildman–Crippen MR) is 163 cm³/mol. The first-order chi connectivity index (χ1) is 20.5. The number of ketones is 1. The molecule has 224 valence electrons. The van der Waals surface area contributed by atoms with Crippen molar-refractivity contribution >= 4 is 34.3 Å². The molecule has 0 radical (unpaired) electrons.